The molecule has 1 aliphatic heterocycles. The SMILES string of the molecule is Nc1ccc(Nc2ccc(N3CCOCC3)cc2)c(I)c1. The Bertz CT molecular complexity index is 609. The summed E-state index contributed by atoms with van der Waals surface area (Å²) in [5.41, 5.74) is 9.96. The topological polar surface area (TPSA) is 50.5 Å². The lowest BCUT2D eigenvalue weighted by molar-refractivity contribution is 0.122. The molecule has 3 N–H and O–H groups in total. The number of rotatable bonds is 3. The molecule has 1 heterocycles. The van der Waals surface area contributed by atoms with Crippen LogP contribution in [0.2, 0.25) is 0 Å². The predicted octanol–water partition coefficient (Wildman–Crippen LogP) is 3.45. The molecule has 0 radical (unpaired) electrons. The van der Waals surface area contributed by atoms with Gasteiger partial charge in [-0.05, 0) is 65.1 Å². The van der Waals surface area contributed by atoms with Crippen molar-refractivity contribution in [1.82, 2.24) is 0 Å². The Kier molecular flexibility index (Phi) is 4.50. The highest BCUT2D eigenvalue weighted by atomic mass is 127. The second kappa shape index (κ2) is 6.53. The van der Waals surface area contributed by atoms with Crippen molar-refractivity contribution in [2.24, 2.45) is 0 Å². The van der Waals surface area contributed by atoms with Crippen LogP contribution in [0.15, 0.2) is 42.5 Å². The molecule has 1 aliphatic rings. The molecule has 0 spiro atoms. The van der Waals surface area contributed by atoms with Crippen LogP contribution < -0.4 is 16.0 Å². The lowest BCUT2D eigenvalue weighted by atomic mass is 10.2. The lowest BCUT2D eigenvalue weighted by Crippen LogP contribution is -2.36. The average molecular weight is 395 g/mol. The standard InChI is InChI=1S/C16H18IN3O/c17-15-11-12(18)1-6-16(15)19-13-2-4-14(5-3-13)20-7-9-21-10-8-20/h1-6,11,19H,7-10,18H2. The van der Waals surface area contributed by atoms with Gasteiger partial charge in [0.25, 0.3) is 0 Å². The molecule has 2 aromatic rings. The molecule has 0 atom stereocenters. The summed E-state index contributed by atoms with van der Waals surface area (Å²) < 4.78 is 6.50. The summed E-state index contributed by atoms with van der Waals surface area (Å²) in [6.07, 6.45) is 0. The number of hydrogen-bond donors (Lipinski definition) is 2. The largest absolute Gasteiger partial charge is 0.399 e. The second-order valence-electron chi connectivity index (χ2n) is 5.01. The van der Waals surface area contributed by atoms with Crippen molar-refractivity contribution < 1.29 is 4.74 Å². The first-order valence-corrected chi connectivity index (χ1v) is 8.05. The van der Waals surface area contributed by atoms with E-state index in [1.54, 1.807) is 0 Å². The Hall–Kier alpha value is -1.47. The van der Waals surface area contributed by atoms with Crippen molar-refractivity contribution in [3.05, 3.63) is 46.0 Å². The third-order valence-electron chi connectivity index (χ3n) is 3.52. The maximum Gasteiger partial charge on any atom is 0.0642 e. The summed E-state index contributed by atoms with van der Waals surface area (Å²) in [7, 11) is 0. The molecular weight excluding hydrogens is 377 g/mol. The van der Waals surface area contributed by atoms with Gasteiger partial charge in [0.15, 0.2) is 0 Å². The molecule has 1 fully saturated rings. The zero-order chi connectivity index (χ0) is 14.7. The van der Waals surface area contributed by atoms with E-state index in [0.717, 1.165) is 46.9 Å². The average Bonchev–Trinajstić information content (AvgIpc) is 2.52. The van der Waals surface area contributed by atoms with E-state index in [1.807, 2.05) is 18.2 Å². The first-order valence-electron chi connectivity index (χ1n) is 6.97. The van der Waals surface area contributed by atoms with Crippen LogP contribution >= 0.6 is 22.6 Å². The third kappa shape index (κ3) is 3.59. The smallest absolute Gasteiger partial charge is 0.0642 e. The third-order valence-corrected chi connectivity index (χ3v) is 4.41. The molecule has 0 saturated carbocycles. The molecule has 0 aliphatic carbocycles. The van der Waals surface area contributed by atoms with Gasteiger partial charge in [-0.3, -0.25) is 0 Å². The minimum Gasteiger partial charge on any atom is -0.399 e. The molecule has 0 aromatic heterocycles. The van der Waals surface area contributed by atoms with Crippen LogP contribution in [-0.2, 0) is 4.74 Å². The monoisotopic (exact) mass is 395 g/mol. The van der Waals surface area contributed by atoms with Gasteiger partial charge in [-0.15, -0.1) is 0 Å². The Morgan fingerprint density at radius 1 is 1.05 bits per heavy atom. The van der Waals surface area contributed by atoms with E-state index in [1.165, 1.54) is 5.69 Å². The number of nitrogen functional groups attached to an aromatic ring is 1. The number of halogens is 1. The molecule has 1 saturated heterocycles. The number of nitrogens with zero attached hydrogens (tertiary/aromatic N) is 1. The van der Waals surface area contributed by atoms with Gasteiger partial charge in [-0.1, -0.05) is 0 Å². The number of hydrogen-bond acceptors (Lipinski definition) is 4. The van der Waals surface area contributed by atoms with E-state index in [9.17, 15) is 0 Å². The fraction of sp³-hybridized carbons (Fsp3) is 0.250. The van der Waals surface area contributed by atoms with Crippen molar-refractivity contribution in [3.8, 4) is 0 Å². The number of nitrogens with one attached hydrogen (secondary N) is 1. The van der Waals surface area contributed by atoms with Crippen LogP contribution in [0.5, 0.6) is 0 Å². The molecule has 2 aromatic carbocycles. The van der Waals surface area contributed by atoms with Crippen LogP contribution in [0.25, 0.3) is 0 Å². The summed E-state index contributed by atoms with van der Waals surface area (Å²) in [6.45, 7) is 3.54. The van der Waals surface area contributed by atoms with Gasteiger partial charge in [0.1, 0.15) is 0 Å². The number of morpholine rings is 1. The maximum atomic E-state index is 5.78. The summed E-state index contributed by atoms with van der Waals surface area (Å²) in [5.74, 6) is 0. The molecule has 110 valence electrons. The summed E-state index contributed by atoms with van der Waals surface area (Å²) in [5, 5.41) is 3.42. The van der Waals surface area contributed by atoms with E-state index >= 15 is 0 Å². The van der Waals surface area contributed by atoms with Crippen molar-refractivity contribution in [3.63, 3.8) is 0 Å². The normalized spacial score (nSPS) is 15.0. The summed E-state index contributed by atoms with van der Waals surface area (Å²) >= 11 is 2.29. The van der Waals surface area contributed by atoms with Crippen molar-refractivity contribution in [2.75, 3.05) is 42.3 Å². The summed E-state index contributed by atoms with van der Waals surface area (Å²) in [6, 6.07) is 14.4. The molecule has 0 bridgehead atoms. The number of benzene rings is 2. The van der Waals surface area contributed by atoms with Crippen LogP contribution in [-0.4, -0.2) is 26.3 Å². The van der Waals surface area contributed by atoms with Crippen LogP contribution in [0.1, 0.15) is 0 Å². The van der Waals surface area contributed by atoms with E-state index in [0.29, 0.717) is 0 Å². The Morgan fingerprint density at radius 2 is 1.76 bits per heavy atom. The number of anilines is 4. The highest BCUT2D eigenvalue weighted by molar-refractivity contribution is 14.1. The van der Waals surface area contributed by atoms with Gasteiger partial charge in [0, 0.05) is 33.7 Å². The zero-order valence-electron chi connectivity index (χ0n) is 11.7. The van der Waals surface area contributed by atoms with Crippen LogP contribution in [0.3, 0.4) is 0 Å². The Balaban J connectivity index is 1.71. The van der Waals surface area contributed by atoms with Crippen LogP contribution in [0.4, 0.5) is 22.7 Å². The molecule has 0 amide bonds. The van der Waals surface area contributed by atoms with E-state index in [-0.39, 0.29) is 0 Å². The highest BCUT2D eigenvalue weighted by Crippen LogP contribution is 2.26. The predicted molar refractivity (Wildman–Crippen MR) is 96.3 cm³/mol. The Labute approximate surface area is 138 Å². The van der Waals surface area contributed by atoms with Gasteiger partial charge in [-0.2, -0.15) is 0 Å². The fourth-order valence-electron chi connectivity index (χ4n) is 2.37. The molecule has 4 nitrogen and oxygen atoms in total. The number of ether oxygens (including phenoxy) is 1. The van der Waals surface area contributed by atoms with E-state index in [2.05, 4.69) is 57.1 Å². The van der Waals surface area contributed by atoms with E-state index < -0.39 is 0 Å². The van der Waals surface area contributed by atoms with Crippen molar-refractivity contribution >= 4 is 45.3 Å². The zero-order valence-corrected chi connectivity index (χ0v) is 13.8. The summed E-state index contributed by atoms with van der Waals surface area (Å²) in [4.78, 5) is 2.35. The maximum absolute atomic E-state index is 5.78. The minimum atomic E-state index is 0.785. The van der Waals surface area contributed by atoms with Gasteiger partial charge < -0.3 is 20.7 Å². The van der Waals surface area contributed by atoms with Gasteiger partial charge in [-0.25, -0.2) is 0 Å². The van der Waals surface area contributed by atoms with Gasteiger partial charge in [0.2, 0.25) is 0 Å². The van der Waals surface area contributed by atoms with Crippen molar-refractivity contribution in [2.45, 2.75) is 0 Å². The first-order chi connectivity index (χ1) is 10.2. The molecular formula is C16H18IN3O. The lowest BCUT2D eigenvalue weighted by Gasteiger charge is -2.29. The second-order valence-corrected chi connectivity index (χ2v) is 6.17. The van der Waals surface area contributed by atoms with Crippen molar-refractivity contribution in [1.29, 1.82) is 0 Å². The number of nitrogens with two attached hydrogens (primary N) is 1. The first kappa shape index (κ1) is 14.5. The highest BCUT2D eigenvalue weighted by Gasteiger charge is 2.10. The van der Waals surface area contributed by atoms with Crippen LogP contribution in [0, 0.1) is 3.57 Å². The minimum absolute atomic E-state index is 0.785. The van der Waals surface area contributed by atoms with Gasteiger partial charge >= 0.3 is 0 Å². The molecule has 3 rings (SSSR count). The molecule has 5 heteroatoms. The van der Waals surface area contributed by atoms with Gasteiger partial charge in [0.05, 0.1) is 18.9 Å². The van der Waals surface area contributed by atoms with E-state index in [4.69, 9.17) is 10.5 Å². The molecule has 21 heavy (non-hydrogen) atoms. The quantitative estimate of drug-likeness (QED) is 0.618. The Morgan fingerprint density at radius 3 is 2.43 bits per heavy atom. The fourth-order valence-corrected chi connectivity index (χ4v) is 3.04. The molecule has 0 unspecified atom stereocenters.